The third-order valence-electron chi connectivity index (χ3n) is 3.02. The van der Waals surface area contributed by atoms with Crippen molar-refractivity contribution in [2.24, 2.45) is 12.0 Å². The molecule has 0 spiro atoms. The number of hydrogen-bond donors (Lipinski definition) is 0. The highest BCUT2D eigenvalue weighted by Crippen LogP contribution is 2.27. The number of rotatable bonds is 4. The van der Waals surface area contributed by atoms with Crippen LogP contribution in [0, 0.1) is 0 Å². The van der Waals surface area contributed by atoms with Gasteiger partial charge in [-0.05, 0) is 25.8 Å². The lowest BCUT2D eigenvalue weighted by atomic mass is 10.1. The van der Waals surface area contributed by atoms with Gasteiger partial charge in [0, 0.05) is 18.6 Å². The summed E-state index contributed by atoms with van der Waals surface area (Å²) >= 11 is 0. The second kappa shape index (κ2) is 5.52. The fourth-order valence-electron chi connectivity index (χ4n) is 2.12. The van der Waals surface area contributed by atoms with Crippen molar-refractivity contribution in [1.82, 2.24) is 9.55 Å². The maximum atomic E-state index is 5.29. The third kappa shape index (κ3) is 2.29. The van der Waals surface area contributed by atoms with Crippen molar-refractivity contribution < 1.29 is 4.74 Å². The molecule has 0 saturated carbocycles. The molecule has 0 saturated heterocycles. The van der Waals surface area contributed by atoms with Gasteiger partial charge in [0.1, 0.15) is 0 Å². The Morgan fingerprint density at radius 3 is 2.89 bits per heavy atom. The lowest BCUT2D eigenvalue weighted by Gasteiger charge is -2.08. The minimum absolute atomic E-state index is 0.511. The number of aliphatic imine (C=N–C) groups is 1. The van der Waals surface area contributed by atoms with Crippen molar-refractivity contribution in [2.75, 3.05) is 7.11 Å². The first-order valence-electron chi connectivity index (χ1n) is 6.00. The molecule has 0 unspecified atom stereocenters. The maximum absolute atomic E-state index is 5.29. The Labute approximate surface area is 112 Å². The molecule has 0 bridgehead atoms. The minimum Gasteiger partial charge on any atom is -0.481 e. The quantitative estimate of drug-likeness (QED) is 0.478. The number of fused-ring (bicyclic) bond motifs is 1. The Kier molecular flexibility index (Phi) is 3.80. The average Bonchev–Trinajstić information content (AvgIpc) is 2.77. The number of aryl methyl sites for hydroxylation is 1. The zero-order valence-corrected chi connectivity index (χ0v) is 11.4. The van der Waals surface area contributed by atoms with E-state index in [-0.39, 0.29) is 0 Å². The molecule has 0 atom stereocenters. The van der Waals surface area contributed by atoms with Crippen molar-refractivity contribution in [3.8, 4) is 0 Å². The Morgan fingerprint density at radius 1 is 1.53 bits per heavy atom. The first kappa shape index (κ1) is 13.1. The molecular weight excluding hydrogens is 238 g/mol. The van der Waals surface area contributed by atoms with Gasteiger partial charge in [0.05, 0.1) is 30.1 Å². The van der Waals surface area contributed by atoms with Crippen molar-refractivity contribution >= 4 is 23.2 Å². The minimum atomic E-state index is 0.511. The van der Waals surface area contributed by atoms with Crippen LogP contribution in [-0.4, -0.2) is 23.4 Å². The number of hydrogen-bond acceptors (Lipinski definition) is 3. The van der Waals surface area contributed by atoms with Crippen LogP contribution in [0.3, 0.4) is 0 Å². The molecule has 0 fully saturated rings. The second-order valence-corrected chi connectivity index (χ2v) is 4.10. The maximum Gasteiger partial charge on any atom is 0.221 e. The number of nitrogens with zero attached hydrogens (tertiary/aromatic N) is 3. The van der Waals surface area contributed by atoms with E-state index in [0.717, 1.165) is 22.2 Å². The van der Waals surface area contributed by atoms with Gasteiger partial charge in [-0.25, -0.2) is 4.99 Å². The van der Waals surface area contributed by atoms with Crippen LogP contribution in [-0.2, 0) is 11.8 Å². The Bertz CT molecular complexity index is 665. The SMILES string of the molecule is C=N/C(OC)=C(\C=CC)c1cc2ccncc2n1C. The highest BCUT2D eigenvalue weighted by molar-refractivity contribution is 5.87. The van der Waals surface area contributed by atoms with E-state index in [9.17, 15) is 0 Å². The molecule has 0 amide bonds. The highest BCUT2D eigenvalue weighted by Gasteiger charge is 2.12. The summed E-state index contributed by atoms with van der Waals surface area (Å²) in [6.07, 6.45) is 7.55. The molecule has 0 aliphatic heterocycles. The third-order valence-corrected chi connectivity index (χ3v) is 3.02. The lowest BCUT2D eigenvalue weighted by molar-refractivity contribution is 0.291. The predicted molar refractivity (Wildman–Crippen MR) is 79.0 cm³/mol. The summed E-state index contributed by atoms with van der Waals surface area (Å²) in [7, 11) is 3.59. The van der Waals surface area contributed by atoms with Crippen molar-refractivity contribution in [3.63, 3.8) is 0 Å². The van der Waals surface area contributed by atoms with Crippen LogP contribution in [0.1, 0.15) is 12.6 Å². The molecule has 98 valence electrons. The van der Waals surface area contributed by atoms with Crippen LogP contribution < -0.4 is 0 Å². The summed E-state index contributed by atoms with van der Waals surface area (Å²) in [5.41, 5.74) is 2.99. The van der Waals surface area contributed by atoms with Crippen LogP contribution in [0.2, 0.25) is 0 Å². The van der Waals surface area contributed by atoms with E-state index in [0.29, 0.717) is 5.88 Å². The molecule has 0 aromatic carbocycles. The summed E-state index contributed by atoms with van der Waals surface area (Å²) < 4.78 is 7.36. The van der Waals surface area contributed by atoms with E-state index in [1.165, 1.54) is 0 Å². The van der Waals surface area contributed by atoms with Crippen LogP contribution in [0.25, 0.3) is 16.5 Å². The van der Waals surface area contributed by atoms with E-state index >= 15 is 0 Å². The summed E-state index contributed by atoms with van der Waals surface area (Å²) in [5, 5.41) is 1.13. The molecule has 0 N–H and O–H groups in total. The van der Waals surface area contributed by atoms with Gasteiger partial charge in [0.15, 0.2) is 0 Å². The smallest absolute Gasteiger partial charge is 0.221 e. The van der Waals surface area contributed by atoms with Gasteiger partial charge < -0.3 is 9.30 Å². The second-order valence-electron chi connectivity index (χ2n) is 4.10. The van der Waals surface area contributed by atoms with E-state index in [1.807, 2.05) is 38.4 Å². The fraction of sp³-hybridized carbons (Fsp3) is 0.200. The molecule has 0 aliphatic carbocycles. The molecule has 2 aromatic heterocycles. The van der Waals surface area contributed by atoms with E-state index in [4.69, 9.17) is 4.74 Å². The summed E-state index contributed by atoms with van der Waals surface area (Å²) in [5.74, 6) is 0.511. The molecule has 4 nitrogen and oxygen atoms in total. The van der Waals surface area contributed by atoms with E-state index < -0.39 is 0 Å². The van der Waals surface area contributed by atoms with Crippen LogP contribution in [0.5, 0.6) is 0 Å². The largest absolute Gasteiger partial charge is 0.481 e. The van der Waals surface area contributed by atoms with Crippen LogP contribution in [0.4, 0.5) is 0 Å². The van der Waals surface area contributed by atoms with Gasteiger partial charge in [0.25, 0.3) is 0 Å². The van der Waals surface area contributed by atoms with Gasteiger partial charge in [-0.15, -0.1) is 0 Å². The number of methoxy groups -OCH3 is 1. The lowest BCUT2D eigenvalue weighted by Crippen LogP contribution is -1.98. The molecule has 0 radical (unpaired) electrons. The zero-order valence-electron chi connectivity index (χ0n) is 11.4. The van der Waals surface area contributed by atoms with Gasteiger partial charge >= 0.3 is 0 Å². The summed E-state index contributed by atoms with van der Waals surface area (Å²) in [6, 6.07) is 4.08. The summed E-state index contributed by atoms with van der Waals surface area (Å²) in [4.78, 5) is 8.10. The zero-order chi connectivity index (χ0) is 13.8. The molecule has 19 heavy (non-hydrogen) atoms. The topological polar surface area (TPSA) is 39.4 Å². The average molecular weight is 255 g/mol. The monoisotopic (exact) mass is 255 g/mol. The molecule has 2 heterocycles. The number of ether oxygens (including phenoxy) is 1. The Morgan fingerprint density at radius 2 is 2.32 bits per heavy atom. The van der Waals surface area contributed by atoms with Crippen molar-refractivity contribution in [2.45, 2.75) is 6.92 Å². The van der Waals surface area contributed by atoms with E-state index in [1.54, 1.807) is 13.3 Å². The molecule has 2 aromatic rings. The van der Waals surface area contributed by atoms with Crippen molar-refractivity contribution in [1.29, 1.82) is 0 Å². The van der Waals surface area contributed by atoms with Crippen LogP contribution in [0.15, 0.2) is 47.6 Å². The number of allylic oxidation sites excluding steroid dienone is 3. The first-order chi connectivity index (χ1) is 9.22. The molecular formula is C15H17N3O. The predicted octanol–water partition coefficient (Wildman–Crippen LogP) is 3.17. The van der Waals surface area contributed by atoms with Crippen molar-refractivity contribution in [3.05, 3.63) is 48.3 Å². The fourth-order valence-corrected chi connectivity index (χ4v) is 2.12. The standard InChI is InChI=1S/C15H17N3O/c1-5-6-12(15(16-2)19-4)13-9-11-7-8-17-10-14(11)18(13)3/h5-10H,2H2,1,3-4H3/b6-5?,15-12-. The van der Waals surface area contributed by atoms with E-state index in [2.05, 4.69) is 27.3 Å². The van der Waals surface area contributed by atoms with Gasteiger partial charge in [-0.1, -0.05) is 12.2 Å². The normalized spacial score (nSPS) is 12.8. The first-order valence-corrected chi connectivity index (χ1v) is 6.00. The van der Waals surface area contributed by atoms with Gasteiger partial charge in [-0.2, -0.15) is 0 Å². The molecule has 2 rings (SSSR count). The Balaban J connectivity index is 2.73. The highest BCUT2D eigenvalue weighted by atomic mass is 16.5. The molecule has 0 aliphatic rings. The van der Waals surface area contributed by atoms with Gasteiger partial charge in [0.2, 0.25) is 5.88 Å². The number of aromatic nitrogens is 2. The molecule has 4 heteroatoms. The Hall–Kier alpha value is -2.36. The van der Waals surface area contributed by atoms with Crippen LogP contribution >= 0.6 is 0 Å². The summed E-state index contributed by atoms with van der Waals surface area (Å²) in [6.45, 7) is 5.51. The number of pyridine rings is 1. The van der Waals surface area contributed by atoms with Gasteiger partial charge in [-0.3, -0.25) is 4.98 Å².